The summed E-state index contributed by atoms with van der Waals surface area (Å²) in [7, 11) is 0. The first-order valence-electron chi connectivity index (χ1n) is 25.0. The molecule has 74 heavy (non-hydrogen) atoms. The molecule has 3 heterocycles. The van der Waals surface area contributed by atoms with Gasteiger partial charge in [0.2, 0.25) is 0 Å². The van der Waals surface area contributed by atoms with Gasteiger partial charge in [-0.2, -0.15) is 5.26 Å². The van der Waals surface area contributed by atoms with Crippen molar-refractivity contribution in [3.63, 3.8) is 0 Å². The third-order valence-electron chi connectivity index (χ3n) is 12.5. The van der Waals surface area contributed by atoms with E-state index < -0.39 is 5.60 Å². The number of carbonyl (C=O) groups is 1. The van der Waals surface area contributed by atoms with Crippen molar-refractivity contribution >= 4 is 98.1 Å². The molecule has 1 fully saturated rings. The van der Waals surface area contributed by atoms with Gasteiger partial charge in [0.25, 0.3) is 0 Å². The van der Waals surface area contributed by atoms with Crippen LogP contribution in [0.15, 0.2) is 158 Å². The van der Waals surface area contributed by atoms with Crippen LogP contribution in [-0.2, 0) is 33.5 Å². The molecule has 6 aromatic carbocycles. The van der Waals surface area contributed by atoms with E-state index in [1.54, 1.807) is 19.9 Å². The number of hydrogen-bond donors (Lipinski definition) is 1. The Bertz CT molecular complexity index is 3270. The van der Waals surface area contributed by atoms with Gasteiger partial charge in [0.1, 0.15) is 0 Å². The van der Waals surface area contributed by atoms with Crippen molar-refractivity contribution in [3.05, 3.63) is 224 Å². The summed E-state index contributed by atoms with van der Waals surface area (Å²) < 4.78 is 11.9. The minimum Gasteiger partial charge on any atom is -1.00 e. The van der Waals surface area contributed by atoms with Crippen molar-refractivity contribution in [1.82, 2.24) is 9.97 Å². The number of aliphatic hydroxyl groups is 1. The minimum atomic E-state index is -0.938. The summed E-state index contributed by atoms with van der Waals surface area (Å²) in [5.74, 6) is 0.0780. The summed E-state index contributed by atoms with van der Waals surface area (Å²) in [6.07, 6.45) is 14.3. The van der Waals surface area contributed by atoms with Crippen LogP contribution in [0.1, 0.15) is 130 Å². The molecular weight excluding hydrogens is 970 g/mol. The Kier molecular flexibility index (Phi) is 21.3. The molecule has 0 amide bonds. The van der Waals surface area contributed by atoms with Gasteiger partial charge >= 0.3 is 23.1 Å². The van der Waals surface area contributed by atoms with E-state index in [0.717, 1.165) is 87.7 Å². The fourth-order valence-corrected chi connectivity index (χ4v) is 9.14. The Balaban J connectivity index is 0.000000254. The second kappa shape index (κ2) is 27.5. The number of halogens is 2. The van der Waals surface area contributed by atoms with Crippen LogP contribution in [0, 0.1) is 11.3 Å². The van der Waals surface area contributed by atoms with E-state index in [1.807, 2.05) is 152 Å². The number of ether oxygens (including phenoxy) is 2. The Morgan fingerprint density at radius 1 is 0.703 bits per heavy atom. The van der Waals surface area contributed by atoms with Crippen molar-refractivity contribution in [2.75, 3.05) is 6.61 Å². The molecule has 1 N–H and O–H groups in total. The van der Waals surface area contributed by atoms with Gasteiger partial charge in [-0.05, 0) is 160 Å². The second-order valence-corrected chi connectivity index (χ2v) is 20.0. The molecule has 0 saturated carbocycles. The van der Waals surface area contributed by atoms with Crippen LogP contribution < -0.4 is 0 Å². The van der Waals surface area contributed by atoms with E-state index in [9.17, 15) is 9.90 Å². The SMILES string of the molecule is CC(C)(O)c1ccccc1CCC(=O)c1cccc(/C=C/c2ccc3ccc(Cl)cc3n2)c1.CCCc1ccccc1C(C)(C)OC1CCCCO1.N#Cc1cccc(/C=C/c2ccc3ccc(Cl)cc3n2)c1.[H-].[H-].[Mg+2]. The number of aryl methyl sites for hydroxylation is 2. The maximum Gasteiger partial charge on any atom is 2.00 e. The molecule has 1 saturated heterocycles. The van der Waals surface area contributed by atoms with E-state index in [0.29, 0.717) is 34.0 Å². The van der Waals surface area contributed by atoms with Crippen LogP contribution in [-0.4, -0.2) is 56.8 Å². The number of hydrogen-bond acceptors (Lipinski definition) is 7. The first-order chi connectivity index (χ1) is 35.2. The molecule has 2 aromatic heterocycles. The summed E-state index contributed by atoms with van der Waals surface area (Å²) >= 11 is 12.1. The first kappa shape index (κ1) is 57.3. The fraction of sp³-hybridized carbons (Fsp3) is 0.250. The molecule has 7 nitrogen and oxygen atoms in total. The normalized spacial score (nSPS) is 13.6. The zero-order chi connectivity index (χ0) is 51.8. The standard InChI is InChI=1S/C29H26ClNO2.C18H11ClN2.C17H26O2.Mg.2H/c1-29(2,33)26-9-4-3-7-21(26)13-17-28(32)23-8-5-6-20(18-23)10-15-25-16-12-22-11-14-24(30)19-27(22)31-25;19-16-7-5-15-6-9-17(21-18(15)11-16)8-4-13-2-1-3-14(10-13)12-20;1-4-9-14-10-5-6-11-15(14)17(2,3)19-16-12-7-8-13-18-16;;;/h3-12,14-16,18-19,33H,13,17H2,1-2H3;1-11H;5-6,10-11,16H,4,7-9,12-13H2,1-3H3;;;/q;;;+2;2*-1/b15-10+;8-4+;;;;. The van der Waals surface area contributed by atoms with Gasteiger partial charge in [0.05, 0.1) is 45.3 Å². The smallest absolute Gasteiger partial charge is 1.00 e. The quantitative estimate of drug-likeness (QED) is 0.0854. The van der Waals surface area contributed by atoms with Gasteiger partial charge in [-0.3, -0.25) is 4.79 Å². The van der Waals surface area contributed by atoms with Crippen LogP contribution in [0.5, 0.6) is 0 Å². The predicted octanol–water partition coefficient (Wildman–Crippen LogP) is 16.3. The van der Waals surface area contributed by atoms with Crippen LogP contribution in [0.3, 0.4) is 0 Å². The zero-order valence-electron chi connectivity index (χ0n) is 45.0. The van der Waals surface area contributed by atoms with Crippen molar-refractivity contribution in [1.29, 1.82) is 5.26 Å². The molecule has 1 atom stereocenters. The maximum absolute atomic E-state index is 12.9. The summed E-state index contributed by atoms with van der Waals surface area (Å²) in [6, 6.07) is 52.8. The molecule has 0 spiro atoms. The Morgan fingerprint density at radius 3 is 1.82 bits per heavy atom. The fourth-order valence-electron chi connectivity index (χ4n) is 8.81. The van der Waals surface area contributed by atoms with Crippen molar-refractivity contribution in [2.45, 2.75) is 97.1 Å². The van der Waals surface area contributed by atoms with E-state index in [1.165, 1.54) is 17.5 Å². The molecule has 8 aromatic rings. The number of aromatic nitrogens is 2. The van der Waals surface area contributed by atoms with E-state index in [4.69, 9.17) is 37.9 Å². The van der Waals surface area contributed by atoms with E-state index in [-0.39, 0.29) is 43.6 Å². The third-order valence-corrected chi connectivity index (χ3v) is 13.0. The van der Waals surface area contributed by atoms with Gasteiger partial charge in [-0.25, -0.2) is 9.97 Å². The van der Waals surface area contributed by atoms with Crippen molar-refractivity contribution in [2.24, 2.45) is 0 Å². The Labute approximate surface area is 466 Å². The third kappa shape index (κ3) is 16.8. The summed E-state index contributed by atoms with van der Waals surface area (Å²) in [4.78, 5) is 22.1. The van der Waals surface area contributed by atoms with E-state index in [2.05, 4.69) is 61.1 Å². The van der Waals surface area contributed by atoms with Crippen molar-refractivity contribution < 1.29 is 22.2 Å². The molecule has 10 heteroatoms. The van der Waals surface area contributed by atoms with E-state index >= 15 is 0 Å². The summed E-state index contributed by atoms with van der Waals surface area (Å²) in [5.41, 5.74) is 9.96. The Hall–Kier alpha value is -5.99. The van der Waals surface area contributed by atoms with Crippen LogP contribution >= 0.6 is 23.2 Å². The number of rotatable bonds is 14. The van der Waals surface area contributed by atoms with Gasteiger partial charge in [0.15, 0.2) is 12.1 Å². The topological polar surface area (TPSA) is 105 Å². The van der Waals surface area contributed by atoms with Crippen LogP contribution in [0.2, 0.25) is 10.0 Å². The molecule has 1 unspecified atom stereocenters. The summed E-state index contributed by atoms with van der Waals surface area (Å²) in [5, 5.41) is 22.7. The number of nitrogens with zero attached hydrogens (tertiary/aromatic N) is 3. The molecular formula is C64H65Cl2MgN3O4. The number of nitriles is 1. The number of fused-ring (bicyclic) bond motifs is 2. The molecule has 376 valence electrons. The monoisotopic (exact) mass is 1030 g/mol. The second-order valence-electron chi connectivity index (χ2n) is 19.1. The number of pyridine rings is 2. The number of ketones is 1. The molecule has 0 aliphatic carbocycles. The van der Waals surface area contributed by atoms with Crippen molar-refractivity contribution in [3.8, 4) is 6.07 Å². The molecule has 9 rings (SSSR count). The predicted molar refractivity (Wildman–Crippen MR) is 309 cm³/mol. The largest absolute Gasteiger partial charge is 2.00 e. The summed E-state index contributed by atoms with van der Waals surface area (Å²) in [6.45, 7) is 10.9. The van der Waals surface area contributed by atoms with Gasteiger partial charge < -0.3 is 17.4 Å². The molecule has 0 bridgehead atoms. The average molecular weight is 1040 g/mol. The number of Topliss-reactive ketones (excluding diaryl/α,β-unsaturated/α-hetero) is 1. The molecule has 1 aliphatic rings. The van der Waals surface area contributed by atoms with Crippen LogP contribution in [0.25, 0.3) is 46.1 Å². The van der Waals surface area contributed by atoms with Gasteiger partial charge in [-0.15, -0.1) is 0 Å². The van der Waals surface area contributed by atoms with Gasteiger partial charge in [-0.1, -0.05) is 152 Å². The molecule has 1 aliphatic heterocycles. The first-order valence-corrected chi connectivity index (χ1v) is 25.7. The Morgan fingerprint density at radius 2 is 1.26 bits per heavy atom. The molecule has 0 radical (unpaired) electrons. The van der Waals surface area contributed by atoms with Gasteiger partial charge in [0, 0.05) is 39.4 Å². The van der Waals surface area contributed by atoms with Crippen LogP contribution in [0.4, 0.5) is 0 Å². The minimum absolute atomic E-state index is 0. The number of carbonyl (C=O) groups excluding carboxylic acids is 1. The zero-order valence-corrected chi connectivity index (χ0v) is 46.0. The maximum atomic E-state index is 12.9. The number of benzene rings is 6. The average Bonchev–Trinajstić information content (AvgIpc) is 3.39.